The predicted octanol–water partition coefficient (Wildman–Crippen LogP) is 2.94. The zero-order chi connectivity index (χ0) is 11.0. The molecular weight excluding hydrogens is 209 g/mol. The van der Waals surface area contributed by atoms with Crippen LogP contribution in [0, 0.1) is 17.4 Å². The zero-order valence-electron chi connectivity index (χ0n) is 9.46. The molecule has 0 radical (unpaired) electrons. The van der Waals surface area contributed by atoms with Gasteiger partial charge in [0.1, 0.15) is 0 Å². The van der Waals surface area contributed by atoms with Gasteiger partial charge in [-0.15, -0.1) is 0 Å². The average Bonchev–Trinajstić information content (AvgIpc) is 2.78. The van der Waals surface area contributed by atoms with Gasteiger partial charge in [-0.05, 0) is 0 Å². The average molecular weight is 227 g/mol. The van der Waals surface area contributed by atoms with Crippen LogP contribution in [-0.4, -0.2) is 10.6 Å². The second-order valence-corrected chi connectivity index (χ2v) is 6.01. The van der Waals surface area contributed by atoms with E-state index in [2.05, 4.69) is 49.7 Å². The summed E-state index contributed by atoms with van der Waals surface area (Å²) in [7, 11) is 0. The van der Waals surface area contributed by atoms with Crippen LogP contribution in [0.4, 0.5) is 0 Å². The summed E-state index contributed by atoms with van der Waals surface area (Å²) in [6.45, 7) is 14.4. The fraction of sp³-hybridized carbons (Fsp3) is 0.667. The Balaban J connectivity index is 2.56. The quantitative estimate of drug-likeness (QED) is 0.519. The number of hydrogen-bond acceptors (Lipinski definition) is 1. The summed E-state index contributed by atoms with van der Waals surface area (Å²) in [4.78, 5) is 4.43. The fourth-order valence-corrected chi connectivity index (χ4v) is 1.33. The molecule has 0 unspecified atom stereocenters. The Morgan fingerprint density at radius 3 is 2.29 bits per heavy atom. The summed E-state index contributed by atoms with van der Waals surface area (Å²) in [5.41, 5.74) is 1.20. The van der Waals surface area contributed by atoms with Gasteiger partial charge in [0.25, 0.3) is 0 Å². The second kappa shape index (κ2) is 3.79. The van der Waals surface area contributed by atoms with Gasteiger partial charge >= 0.3 is 96.1 Å². The van der Waals surface area contributed by atoms with Crippen LogP contribution in [0.1, 0.15) is 40.5 Å². The summed E-state index contributed by atoms with van der Waals surface area (Å²) in [5.74, 6) is 0. The molecular formula is C12H18NV-. The van der Waals surface area contributed by atoms with Crippen molar-refractivity contribution in [1.29, 1.82) is 0 Å². The molecule has 0 atom stereocenters. The van der Waals surface area contributed by atoms with Crippen molar-refractivity contribution in [2.75, 3.05) is 0 Å². The van der Waals surface area contributed by atoms with Crippen molar-refractivity contribution in [1.82, 2.24) is 0 Å². The van der Waals surface area contributed by atoms with E-state index in [9.17, 15) is 0 Å². The van der Waals surface area contributed by atoms with Crippen LogP contribution >= 0.6 is 0 Å². The van der Waals surface area contributed by atoms with E-state index >= 15 is 0 Å². The minimum atomic E-state index is 0.0151. The molecule has 1 rings (SSSR count). The summed E-state index contributed by atoms with van der Waals surface area (Å²) in [5, 5.41) is 0. The van der Waals surface area contributed by atoms with Crippen LogP contribution in [0.3, 0.4) is 0 Å². The van der Waals surface area contributed by atoms with Gasteiger partial charge in [-0.25, -0.2) is 0 Å². The third-order valence-corrected chi connectivity index (χ3v) is 3.76. The molecule has 1 saturated carbocycles. The Morgan fingerprint density at radius 1 is 1.43 bits per heavy atom. The molecule has 1 aliphatic rings. The SMILES string of the molecule is [CH-]=C(C=N[C](=[V])C1(C)CC1)C(C)(C)C. The molecule has 2 heteroatoms. The van der Waals surface area contributed by atoms with Gasteiger partial charge in [0.2, 0.25) is 0 Å². The zero-order valence-corrected chi connectivity index (χ0v) is 10.9. The Morgan fingerprint density at radius 2 is 1.93 bits per heavy atom. The van der Waals surface area contributed by atoms with Crippen LogP contribution in [-0.2, 0) is 17.0 Å². The van der Waals surface area contributed by atoms with Crippen molar-refractivity contribution in [2.45, 2.75) is 40.5 Å². The third-order valence-electron chi connectivity index (χ3n) is 2.73. The first-order valence-electron chi connectivity index (χ1n) is 4.99. The van der Waals surface area contributed by atoms with Crippen LogP contribution in [0.25, 0.3) is 0 Å². The predicted molar refractivity (Wildman–Crippen MR) is 58.1 cm³/mol. The van der Waals surface area contributed by atoms with Crippen molar-refractivity contribution >= 4 is 10.6 Å². The first-order valence-corrected chi connectivity index (χ1v) is 5.69. The van der Waals surface area contributed by atoms with Crippen molar-refractivity contribution in [2.24, 2.45) is 15.8 Å². The number of rotatable bonds is 3. The van der Waals surface area contributed by atoms with E-state index < -0.39 is 0 Å². The monoisotopic (exact) mass is 227 g/mol. The molecule has 1 aliphatic carbocycles. The topological polar surface area (TPSA) is 12.4 Å². The normalized spacial score (nSPS) is 19.6. The van der Waals surface area contributed by atoms with E-state index in [0.717, 1.165) is 9.92 Å². The number of allylic oxidation sites excluding steroid dienone is 1. The molecule has 0 spiro atoms. The van der Waals surface area contributed by atoms with Gasteiger partial charge in [-0.2, -0.15) is 0 Å². The maximum atomic E-state index is 5.91. The van der Waals surface area contributed by atoms with E-state index in [1.165, 1.54) is 12.8 Å². The van der Waals surface area contributed by atoms with Crippen molar-refractivity contribution in [3.63, 3.8) is 0 Å². The number of hydrogen-bond donors (Lipinski definition) is 0. The van der Waals surface area contributed by atoms with Crippen molar-refractivity contribution < 1.29 is 17.0 Å². The van der Waals surface area contributed by atoms with Crippen LogP contribution < -0.4 is 0 Å². The fourth-order valence-electron chi connectivity index (χ4n) is 0.891. The van der Waals surface area contributed by atoms with Gasteiger partial charge in [-0.1, -0.05) is 0 Å². The molecule has 0 saturated heterocycles. The molecule has 0 N–H and O–H groups in total. The van der Waals surface area contributed by atoms with Crippen LogP contribution in [0.2, 0.25) is 0 Å². The van der Waals surface area contributed by atoms with E-state index in [1.807, 2.05) is 0 Å². The van der Waals surface area contributed by atoms with Crippen LogP contribution in [0.5, 0.6) is 0 Å². The number of nitrogens with zero attached hydrogens (tertiary/aromatic N) is 1. The summed E-state index contributed by atoms with van der Waals surface area (Å²) < 4.78 is 1.15. The standard InChI is InChI=1S/C12H18N.V/c1-10(11(2,3)4)8-13-9-12(5)6-7-12;/h1,8H,6-7H2,2-5H3;/q-1;. The molecule has 0 aromatic heterocycles. The molecule has 0 amide bonds. The molecule has 77 valence electrons. The Labute approximate surface area is 96.2 Å². The van der Waals surface area contributed by atoms with E-state index in [4.69, 9.17) is 6.58 Å². The first kappa shape index (κ1) is 11.9. The number of aliphatic imine (C=N–C) groups is 1. The Bertz CT molecular complexity index is 271. The Kier molecular flexibility index (Phi) is 3.23. The molecule has 0 aromatic rings. The Hall–Kier alpha value is -0.136. The van der Waals surface area contributed by atoms with Gasteiger partial charge in [-0.3, -0.25) is 0 Å². The molecule has 14 heavy (non-hydrogen) atoms. The van der Waals surface area contributed by atoms with Crippen molar-refractivity contribution in [3.8, 4) is 0 Å². The van der Waals surface area contributed by atoms with Gasteiger partial charge in [0.15, 0.2) is 0 Å². The third kappa shape index (κ3) is 2.93. The summed E-state index contributed by atoms with van der Waals surface area (Å²) in [6, 6.07) is 0. The molecule has 1 fully saturated rings. The summed E-state index contributed by atoms with van der Waals surface area (Å²) in [6.07, 6.45) is 4.31. The summed E-state index contributed by atoms with van der Waals surface area (Å²) >= 11 is 2.57. The van der Waals surface area contributed by atoms with E-state index in [1.54, 1.807) is 6.21 Å². The van der Waals surface area contributed by atoms with Gasteiger partial charge in [0, 0.05) is 0 Å². The van der Waals surface area contributed by atoms with E-state index in [-0.39, 0.29) is 5.41 Å². The molecule has 0 heterocycles. The van der Waals surface area contributed by atoms with Gasteiger partial charge in [0.05, 0.1) is 0 Å². The molecule has 1 nitrogen and oxygen atoms in total. The molecule has 0 aliphatic heterocycles. The van der Waals surface area contributed by atoms with E-state index in [0.29, 0.717) is 5.41 Å². The molecule has 0 aromatic carbocycles. The van der Waals surface area contributed by atoms with Crippen molar-refractivity contribution in [3.05, 3.63) is 12.2 Å². The molecule has 0 bridgehead atoms. The van der Waals surface area contributed by atoms with Gasteiger partial charge < -0.3 is 0 Å². The van der Waals surface area contributed by atoms with Crippen LogP contribution in [0.15, 0.2) is 10.6 Å². The second-order valence-electron chi connectivity index (χ2n) is 5.35. The first-order chi connectivity index (χ1) is 6.26. The maximum absolute atomic E-state index is 5.91. The minimum absolute atomic E-state index is 0.0151.